The molecule has 5 rings (SSSR count). The molecule has 3 heterocycles. The molecule has 174 valence electrons. The smallest absolute Gasteiger partial charge is 0.342 e. The molecule has 0 amide bonds. The summed E-state index contributed by atoms with van der Waals surface area (Å²) < 4.78 is 30.2. The highest BCUT2D eigenvalue weighted by Crippen LogP contribution is 2.47. The summed E-state index contributed by atoms with van der Waals surface area (Å²) in [6.45, 7) is 0. The first kappa shape index (κ1) is 22.3. The van der Waals surface area contributed by atoms with E-state index in [4.69, 9.17) is 18.9 Å². The second kappa shape index (κ2) is 8.71. The Morgan fingerprint density at radius 3 is 2.47 bits per heavy atom. The number of nitrogens with zero attached hydrogens (tertiary/aromatic N) is 2. The van der Waals surface area contributed by atoms with Crippen LogP contribution in [0, 0.1) is 0 Å². The maximum Gasteiger partial charge on any atom is 0.342 e. The van der Waals surface area contributed by atoms with Crippen LogP contribution in [0.1, 0.15) is 16.0 Å². The Morgan fingerprint density at radius 2 is 1.74 bits per heavy atom. The molecule has 34 heavy (non-hydrogen) atoms. The van der Waals surface area contributed by atoms with Crippen molar-refractivity contribution in [3.05, 3.63) is 70.1 Å². The predicted molar refractivity (Wildman–Crippen MR) is 128 cm³/mol. The number of rotatable bonds is 7. The van der Waals surface area contributed by atoms with Gasteiger partial charge in [0.15, 0.2) is 16.6 Å². The van der Waals surface area contributed by atoms with E-state index in [0.29, 0.717) is 39.3 Å². The van der Waals surface area contributed by atoms with Crippen molar-refractivity contribution >= 4 is 45.6 Å². The minimum atomic E-state index is -2.00. The molecule has 0 bridgehead atoms. The van der Waals surface area contributed by atoms with Crippen molar-refractivity contribution in [2.75, 3.05) is 21.3 Å². The van der Waals surface area contributed by atoms with Crippen LogP contribution in [-0.4, -0.2) is 41.2 Å². The molecular weight excluding hydrogens is 476 g/mol. The number of aromatic nitrogens is 2. The van der Waals surface area contributed by atoms with Crippen LogP contribution in [-0.2, 0) is 21.7 Å². The minimum Gasteiger partial charge on any atom is -0.493 e. The quantitative estimate of drug-likeness (QED) is 0.381. The first-order valence-corrected chi connectivity index (χ1v) is 11.8. The second-order valence-electron chi connectivity index (χ2n) is 7.53. The van der Waals surface area contributed by atoms with Gasteiger partial charge >= 0.3 is 5.97 Å². The van der Waals surface area contributed by atoms with Gasteiger partial charge in [0.2, 0.25) is 0 Å². The summed E-state index contributed by atoms with van der Waals surface area (Å²) >= 11 is 2.53. The number of thiophene rings is 1. The SMILES string of the molecule is COc1ccc(CC2=C(c3ccc4nsnc4c3)C(=O)OC2(O)c2ccc(OC)c(OC)c2)s1. The highest BCUT2D eigenvalue weighted by atomic mass is 32.1. The van der Waals surface area contributed by atoms with E-state index in [-0.39, 0.29) is 6.42 Å². The number of benzene rings is 2. The summed E-state index contributed by atoms with van der Waals surface area (Å²) in [5.41, 5.74) is 3.06. The van der Waals surface area contributed by atoms with E-state index in [1.165, 1.54) is 25.6 Å². The van der Waals surface area contributed by atoms with Gasteiger partial charge in [0.05, 0.1) is 38.6 Å². The molecule has 1 atom stereocenters. The van der Waals surface area contributed by atoms with Gasteiger partial charge in [-0.2, -0.15) is 8.75 Å². The molecule has 1 aliphatic rings. The number of carbonyl (C=O) groups excluding carboxylic acids is 1. The van der Waals surface area contributed by atoms with Crippen molar-refractivity contribution in [3.63, 3.8) is 0 Å². The number of carbonyl (C=O) groups is 1. The third-order valence-electron chi connectivity index (χ3n) is 5.66. The zero-order chi connectivity index (χ0) is 23.9. The van der Waals surface area contributed by atoms with Gasteiger partial charge in [-0.25, -0.2) is 4.79 Å². The number of esters is 1. The van der Waals surface area contributed by atoms with Gasteiger partial charge < -0.3 is 24.1 Å². The van der Waals surface area contributed by atoms with Crippen LogP contribution in [0.5, 0.6) is 16.6 Å². The topological polar surface area (TPSA) is 100 Å². The fraction of sp³-hybridized carbons (Fsp3) is 0.208. The molecule has 1 N–H and O–H groups in total. The van der Waals surface area contributed by atoms with E-state index < -0.39 is 11.8 Å². The number of aliphatic hydroxyl groups is 1. The van der Waals surface area contributed by atoms with Crippen molar-refractivity contribution in [1.82, 2.24) is 8.75 Å². The normalized spacial score (nSPS) is 17.8. The number of hydrogen-bond donors (Lipinski definition) is 1. The number of fused-ring (bicyclic) bond motifs is 1. The lowest BCUT2D eigenvalue weighted by Crippen LogP contribution is -2.29. The van der Waals surface area contributed by atoms with E-state index in [0.717, 1.165) is 27.2 Å². The van der Waals surface area contributed by atoms with Crippen molar-refractivity contribution < 1.29 is 28.8 Å². The van der Waals surface area contributed by atoms with E-state index in [2.05, 4.69) is 8.75 Å². The zero-order valence-electron chi connectivity index (χ0n) is 18.5. The highest BCUT2D eigenvalue weighted by molar-refractivity contribution is 7.13. The standard InChI is InChI=1S/C24H20N2O6S2/c1-29-19-8-5-14(11-20(19)30-2)24(28)16(12-15-6-9-21(31-3)33-15)22(23(27)32-24)13-4-7-17-18(10-13)26-34-25-17/h4-11,28H,12H2,1-3H3. The maximum absolute atomic E-state index is 13.2. The van der Waals surface area contributed by atoms with E-state index in [9.17, 15) is 9.90 Å². The molecule has 2 aromatic heterocycles. The molecule has 1 aliphatic heterocycles. The van der Waals surface area contributed by atoms with Gasteiger partial charge in [0.1, 0.15) is 11.0 Å². The molecule has 0 saturated carbocycles. The van der Waals surface area contributed by atoms with Crippen LogP contribution in [0.25, 0.3) is 16.6 Å². The molecule has 4 aromatic rings. The minimum absolute atomic E-state index is 0.271. The number of methoxy groups -OCH3 is 3. The Labute approximate surface area is 203 Å². The van der Waals surface area contributed by atoms with Gasteiger partial charge in [-0.1, -0.05) is 6.07 Å². The Morgan fingerprint density at radius 1 is 0.941 bits per heavy atom. The van der Waals surface area contributed by atoms with Gasteiger partial charge in [-0.05, 0) is 48.0 Å². The van der Waals surface area contributed by atoms with Crippen molar-refractivity contribution in [2.24, 2.45) is 0 Å². The summed E-state index contributed by atoms with van der Waals surface area (Å²) in [7, 11) is 4.63. The Hall–Kier alpha value is -3.47. The van der Waals surface area contributed by atoms with Gasteiger partial charge in [-0.3, -0.25) is 0 Å². The second-order valence-corrected chi connectivity index (χ2v) is 9.19. The van der Waals surface area contributed by atoms with Crippen LogP contribution >= 0.6 is 23.1 Å². The maximum atomic E-state index is 13.2. The van der Waals surface area contributed by atoms with E-state index >= 15 is 0 Å². The molecular formula is C24H20N2O6S2. The lowest BCUT2D eigenvalue weighted by Gasteiger charge is -2.26. The molecule has 0 radical (unpaired) electrons. The molecule has 0 saturated heterocycles. The third-order valence-corrected chi connectivity index (χ3v) is 7.27. The van der Waals surface area contributed by atoms with Gasteiger partial charge in [-0.15, -0.1) is 11.3 Å². The molecule has 2 aromatic carbocycles. The van der Waals surface area contributed by atoms with Crippen LogP contribution < -0.4 is 14.2 Å². The lowest BCUT2D eigenvalue weighted by molar-refractivity contribution is -0.185. The van der Waals surface area contributed by atoms with E-state index in [1.54, 1.807) is 43.5 Å². The Bertz CT molecular complexity index is 1430. The lowest BCUT2D eigenvalue weighted by atomic mass is 9.89. The molecule has 0 aliphatic carbocycles. The first-order valence-electron chi connectivity index (χ1n) is 10.2. The van der Waals surface area contributed by atoms with Crippen LogP contribution in [0.15, 0.2) is 54.1 Å². The summed E-state index contributed by atoms with van der Waals surface area (Å²) in [5.74, 6) is -1.73. The predicted octanol–water partition coefficient (Wildman–Crippen LogP) is 4.18. The third kappa shape index (κ3) is 3.69. The van der Waals surface area contributed by atoms with Crippen molar-refractivity contribution in [2.45, 2.75) is 12.2 Å². The summed E-state index contributed by atoms with van der Waals surface area (Å²) in [5, 5.41) is 12.6. The largest absolute Gasteiger partial charge is 0.493 e. The van der Waals surface area contributed by atoms with Gasteiger partial charge in [0, 0.05) is 22.4 Å². The van der Waals surface area contributed by atoms with Crippen LogP contribution in [0.4, 0.5) is 0 Å². The molecule has 1 unspecified atom stereocenters. The average Bonchev–Trinajstić information content (AvgIpc) is 3.56. The number of hydrogen-bond acceptors (Lipinski definition) is 10. The number of ether oxygens (including phenoxy) is 4. The van der Waals surface area contributed by atoms with E-state index in [1.807, 2.05) is 12.1 Å². The van der Waals surface area contributed by atoms with Crippen LogP contribution in [0.3, 0.4) is 0 Å². The van der Waals surface area contributed by atoms with Gasteiger partial charge in [0.25, 0.3) is 5.79 Å². The summed E-state index contributed by atoms with van der Waals surface area (Å²) in [6, 6.07) is 14.0. The summed E-state index contributed by atoms with van der Waals surface area (Å²) in [4.78, 5) is 14.1. The van der Waals surface area contributed by atoms with Crippen molar-refractivity contribution in [1.29, 1.82) is 0 Å². The zero-order valence-corrected chi connectivity index (χ0v) is 20.2. The van der Waals surface area contributed by atoms with Crippen LogP contribution in [0.2, 0.25) is 0 Å². The molecule has 10 heteroatoms. The monoisotopic (exact) mass is 496 g/mol. The number of cyclic esters (lactones) is 1. The average molecular weight is 497 g/mol. The highest BCUT2D eigenvalue weighted by Gasteiger charge is 2.48. The fourth-order valence-corrected chi connectivity index (χ4v) is 5.34. The molecule has 0 fully saturated rings. The Balaban J connectivity index is 1.69. The Kier molecular flexibility index (Phi) is 5.72. The first-order chi connectivity index (χ1) is 16.5. The molecule has 0 spiro atoms. The van der Waals surface area contributed by atoms with Crippen molar-refractivity contribution in [3.8, 4) is 16.6 Å². The summed E-state index contributed by atoms with van der Waals surface area (Å²) in [6.07, 6.45) is 0.271. The molecule has 8 nitrogen and oxygen atoms in total. The fourth-order valence-electron chi connectivity index (χ4n) is 3.99.